The molecule has 0 saturated heterocycles. The fraction of sp³-hybridized carbons (Fsp3) is 0.385. The summed E-state index contributed by atoms with van der Waals surface area (Å²) < 4.78 is 0. The molecule has 0 bridgehead atoms. The van der Waals surface area contributed by atoms with E-state index in [0.717, 1.165) is 6.42 Å². The first kappa shape index (κ1) is 26.8. The first-order valence-electron chi connectivity index (χ1n) is 4.74. The second kappa shape index (κ2) is 17.4. The Morgan fingerprint density at radius 2 is 1.56 bits per heavy atom. The van der Waals surface area contributed by atoms with Gasteiger partial charge in [0.2, 0.25) is 0 Å². The number of unbranched alkanes of at least 4 members (excludes halogenated alkanes) is 1. The van der Waals surface area contributed by atoms with Gasteiger partial charge in [-0.15, -0.1) is 0 Å². The van der Waals surface area contributed by atoms with Crippen LogP contribution in [0.1, 0.15) is 30.9 Å². The molecule has 0 saturated carbocycles. The Morgan fingerprint density at radius 1 is 1.06 bits per heavy atom. The Labute approximate surface area is 173 Å². The molecule has 16 heavy (non-hydrogen) atoms. The smallest absolute Gasteiger partial charge is 0.358 e. The molecule has 84 valence electrons. The Morgan fingerprint density at radius 3 is 2.00 bits per heavy atom. The van der Waals surface area contributed by atoms with Gasteiger partial charge in [0, 0.05) is 62.2 Å². The van der Waals surface area contributed by atoms with Gasteiger partial charge in [-0.1, -0.05) is 43.2 Å². The first-order valence-corrected chi connectivity index (χ1v) is 4.74. The minimum atomic E-state index is 0. The zero-order valence-corrected chi connectivity index (χ0v) is 22.8. The fourth-order valence-corrected chi connectivity index (χ4v) is 1.41. The molecule has 0 aliphatic carbocycles. The molecule has 1 aromatic carbocycles. The van der Waals surface area contributed by atoms with E-state index in [0.29, 0.717) is 0 Å². The summed E-state index contributed by atoms with van der Waals surface area (Å²) in [5.74, 6) is 0. The van der Waals surface area contributed by atoms with Crippen LogP contribution in [0.5, 0.6) is 0 Å². The van der Waals surface area contributed by atoms with Crippen molar-refractivity contribution in [3.63, 3.8) is 0 Å². The third-order valence-electron chi connectivity index (χ3n) is 2.19. The van der Waals surface area contributed by atoms with Crippen LogP contribution in [-0.4, -0.2) is 0 Å². The van der Waals surface area contributed by atoms with Gasteiger partial charge in [0.05, 0.1) is 0 Å². The van der Waals surface area contributed by atoms with Crippen LogP contribution in [0.2, 0.25) is 0 Å². The molecule has 0 unspecified atom stereocenters. The van der Waals surface area contributed by atoms with Crippen molar-refractivity contribution in [3.05, 3.63) is 49.7 Å². The standard InChI is InChI=1S/C12H17.CH3.3U/c1-3-5-8-12-10-7-6-9-11(12)4-2;;;;/h6-7,9-10H,2-5,8H2,1H3;1H3;;;/q2*-1;;;+2. The molecule has 0 radical (unpaired) electrons. The van der Waals surface area contributed by atoms with Crippen LogP contribution in [0.3, 0.4) is 0 Å². The van der Waals surface area contributed by atoms with Gasteiger partial charge in [-0.05, 0) is 18.4 Å². The van der Waals surface area contributed by atoms with Crippen LogP contribution in [-0.2, 0) is 12.8 Å². The quantitative estimate of drug-likeness (QED) is 0.404. The van der Waals surface area contributed by atoms with E-state index in [1.165, 1.54) is 30.4 Å². The van der Waals surface area contributed by atoms with E-state index in [1.54, 1.807) is 0 Å². The van der Waals surface area contributed by atoms with E-state index in [4.69, 9.17) is 0 Å². The second-order valence-electron chi connectivity index (χ2n) is 3.12. The van der Waals surface area contributed by atoms with Crippen molar-refractivity contribution < 1.29 is 93.3 Å². The zero-order valence-electron chi connectivity index (χ0n) is 10.3. The molecule has 3 heteroatoms. The number of hydrogen-bond donors (Lipinski definition) is 0. The maximum Gasteiger partial charge on any atom is 2.00 e. The van der Waals surface area contributed by atoms with Crippen LogP contribution in [0.15, 0.2) is 24.3 Å². The molecule has 0 aromatic heterocycles. The molecule has 1 aromatic rings. The molecule has 0 amide bonds. The summed E-state index contributed by atoms with van der Waals surface area (Å²) in [5, 5.41) is 0. The maximum absolute atomic E-state index is 3.92. The summed E-state index contributed by atoms with van der Waals surface area (Å²) in [6, 6.07) is 8.61. The minimum absolute atomic E-state index is 0. The monoisotopic (exact) mass is 890 g/mol. The molecule has 0 nitrogen and oxygen atoms in total. The molecule has 0 fully saturated rings. The molecule has 1 rings (SSSR count). The summed E-state index contributed by atoms with van der Waals surface area (Å²) in [6.07, 6.45) is 4.69. The van der Waals surface area contributed by atoms with Gasteiger partial charge >= 0.3 is 31.1 Å². The van der Waals surface area contributed by atoms with Gasteiger partial charge in [-0.2, -0.15) is 6.42 Å². The molecule has 0 aliphatic heterocycles. The second-order valence-corrected chi connectivity index (χ2v) is 3.12. The summed E-state index contributed by atoms with van der Waals surface area (Å²) in [4.78, 5) is 0. The maximum atomic E-state index is 3.92. The van der Waals surface area contributed by atoms with Crippen molar-refractivity contribution in [1.82, 2.24) is 0 Å². The van der Waals surface area contributed by atoms with Crippen LogP contribution in [0, 0.1) is 108 Å². The predicted molar refractivity (Wildman–Crippen MR) is 60.5 cm³/mol. The summed E-state index contributed by atoms with van der Waals surface area (Å²) in [7, 11) is 0. The Balaban J connectivity index is -0.000000180. The van der Waals surface area contributed by atoms with E-state index >= 15 is 0 Å². The van der Waals surface area contributed by atoms with Crippen LogP contribution in [0.4, 0.5) is 0 Å². The third kappa shape index (κ3) is 10.3. The van der Waals surface area contributed by atoms with E-state index in [9.17, 15) is 0 Å². The molecule has 0 spiro atoms. The predicted octanol–water partition coefficient (Wildman–Crippen LogP) is 3.86. The van der Waals surface area contributed by atoms with Crippen molar-refractivity contribution in [1.29, 1.82) is 0 Å². The Hall–Kier alpha value is 2.38. The molecular weight excluding hydrogens is 870 g/mol. The summed E-state index contributed by atoms with van der Waals surface area (Å²) >= 11 is 0. The number of aryl methyl sites for hydroxylation is 1. The average molecular weight is 890 g/mol. The van der Waals surface area contributed by atoms with Crippen molar-refractivity contribution in [2.45, 2.75) is 32.6 Å². The minimum Gasteiger partial charge on any atom is -0.358 e. The van der Waals surface area contributed by atoms with E-state index in [-0.39, 0.29) is 101 Å². The third-order valence-corrected chi connectivity index (χ3v) is 2.19. The molecular formula is C13H20U3. The summed E-state index contributed by atoms with van der Waals surface area (Å²) in [5.41, 5.74) is 2.89. The molecule has 0 heterocycles. The molecule has 0 aliphatic rings. The normalized spacial score (nSPS) is 7.62. The molecule has 0 N–H and O–H groups in total. The first-order chi connectivity index (χ1) is 5.88. The van der Waals surface area contributed by atoms with Crippen molar-refractivity contribution in [3.8, 4) is 0 Å². The van der Waals surface area contributed by atoms with Crippen LogP contribution >= 0.6 is 0 Å². The van der Waals surface area contributed by atoms with Crippen LogP contribution < -0.4 is 0 Å². The van der Waals surface area contributed by atoms with Crippen molar-refractivity contribution in [2.24, 2.45) is 0 Å². The van der Waals surface area contributed by atoms with Crippen LogP contribution in [0.25, 0.3) is 0 Å². The van der Waals surface area contributed by atoms with Gasteiger partial charge in [0.15, 0.2) is 0 Å². The average Bonchev–Trinajstić information content (AvgIpc) is 2.15. The Kier molecular flexibility index (Phi) is 29.2. The van der Waals surface area contributed by atoms with Gasteiger partial charge in [0.1, 0.15) is 0 Å². The van der Waals surface area contributed by atoms with Gasteiger partial charge < -0.3 is 14.4 Å². The number of hydrogen-bond acceptors (Lipinski definition) is 0. The number of rotatable bonds is 4. The zero-order chi connectivity index (χ0) is 8.81. The summed E-state index contributed by atoms with van der Waals surface area (Å²) in [6.45, 7) is 6.15. The topological polar surface area (TPSA) is 0 Å². The van der Waals surface area contributed by atoms with Gasteiger partial charge in [0.25, 0.3) is 0 Å². The van der Waals surface area contributed by atoms with E-state index < -0.39 is 0 Å². The van der Waals surface area contributed by atoms with E-state index in [1.807, 2.05) is 0 Å². The fourth-order valence-electron chi connectivity index (χ4n) is 1.41. The SMILES string of the molecule is [CH2-]Cc1ccccc1CCCC.[CH3-].[U+2].[U].[U]. The largest absolute Gasteiger partial charge is 2.00 e. The Bertz CT molecular complexity index is 236. The molecule has 0 atom stereocenters. The van der Waals surface area contributed by atoms with E-state index in [2.05, 4.69) is 38.1 Å². The van der Waals surface area contributed by atoms with Gasteiger partial charge in [-0.25, -0.2) is 0 Å². The van der Waals surface area contributed by atoms with Gasteiger partial charge in [-0.3, -0.25) is 0 Å². The van der Waals surface area contributed by atoms with Crippen molar-refractivity contribution >= 4 is 0 Å². The number of benzene rings is 1. The van der Waals surface area contributed by atoms with Crippen molar-refractivity contribution in [2.75, 3.05) is 0 Å².